The van der Waals surface area contributed by atoms with Crippen LogP contribution in [-0.4, -0.2) is 40.2 Å². The van der Waals surface area contributed by atoms with Crippen LogP contribution in [0.2, 0.25) is 0 Å². The van der Waals surface area contributed by atoms with Gasteiger partial charge in [0.15, 0.2) is 0 Å². The lowest BCUT2D eigenvalue weighted by atomic mass is 10.2. The number of ether oxygens (including phenoxy) is 2. The van der Waals surface area contributed by atoms with Crippen LogP contribution in [-0.2, 0) is 9.53 Å². The number of nitrogens with two attached hydrogens (primary N) is 1. The third-order valence-electron chi connectivity index (χ3n) is 3.26. The average molecular weight is 346 g/mol. The van der Waals surface area contributed by atoms with E-state index in [-0.39, 0.29) is 17.7 Å². The predicted molar refractivity (Wildman–Crippen MR) is 93.8 cm³/mol. The zero-order chi connectivity index (χ0) is 18.2. The molecule has 2 rings (SSSR count). The van der Waals surface area contributed by atoms with Gasteiger partial charge in [-0.05, 0) is 32.4 Å². The van der Waals surface area contributed by atoms with Crippen LogP contribution < -0.4 is 10.5 Å². The molecule has 1 aromatic heterocycles. The fourth-order valence-electron chi connectivity index (χ4n) is 2.08. The molecule has 0 radical (unpaired) electrons. The quantitative estimate of drug-likeness (QED) is 0.430. The third-order valence-corrected chi connectivity index (χ3v) is 3.26. The highest BCUT2D eigenvalue weighted by molar-refractivity contribution is 5.83. The van der Waals surface area contributed by atoms with Crippen LogP contribution in [0.1, 0.15) is 31.0 Å². The fourth-order valence-corrected chi connectivity index (χ4v) is 2.08. The summed E-state index contributed by atoms with van der Waals surface area (Å²) < 4.78 is 11.8. The number of nitrogen functional groups attached to an aromatic ring is 1. The third kappa shape index (κ3) is 5.52. The number of hydrogen-bond acceptors (Lipinski definition) is 7. The van der Waals surface area contributed by atoms with Crippen molar-refractivity contribution >= 4 is 18.1 Å². The maximum absolute atomic E-state index is 11.2. The van der Waals surface area contributed by atoms with Crippen molar-refractivity contribution in [3.8, 4) is 11.5 Å². The molecule has 0 aliphatic carbocycles. The number of rotatable bonds is 8. The zero-order valence-electron chi connectivity index (χ0n) is 14.3. The van der Waals surface area contributed by atoms with Gasteiger partial charge in [0.1, 0.15) is 11.5 Å². The van der Waals surface area contributed by atoms with Gasteiger partial charge in [-0.2, -0.15) is 5.10 Å². The topological polar surface area (TPSA) is 112 Å². The molecule has 0 atom stereocenters. The van der Waals surface area contributed by atoms with E-state index in [1.807, 2.05) is 6.92 Å². The number of aryl methyl sites for hydroxylation is 1. The molecular weight excluding hydrogens is 324 g/mol. The first-order chi connectivity index (χ1) is 12.0. The van der Waals surface area contributed by atoms with Crippen LogP contribution >= 0.6 is 0 Å². The highest BCUT2D eigenvalue weighted by Gasteiger charge is 2.05. The molecular formula is C17H22N4O4. The van der Waals surface area contributed by atoms with Crippen molar-refractivity contribution in [2.24, 2.45) is 5.10 Å². The fraction of sp³-hybridized carbons (Fsp3) is 0.353. The van der Waals surface area contributed by atoms with Gasteiger partial charge in [-0.3, -0.25) is 4.79 Å². The number of benzene rings is 1. The molecule has 2 aromatic rings. The minimum Gasteiger partial charge on any atom is -0.507 e. The average Bonchev–Trinajstić information content (AvgIpc) is 2.88. The van der Waals surface area contributed by atoms with Crippen LogP contribution in [0.25, 0.3) is 0 Å². The molecule has 0 fully saturated rings. The monoisotopic (exact) mass is 346 g/mol. The number of phenols is 1. The molecule has 0 aliphatic rings. The summed E-state index contributed by atoms with van der Waals surface area (Å²) in [4.78, 5) is 15.3. The van der Waals surface area contributed by atoms with E-state index in [9.17, 15) is 9.90 Å². The number of anilines is 1. The molecule has 3 N–H and O–H groups in total. The first-order valence-corrected chi connectivity index (χ1v) is 7.97. The zero-order valence-corrected chi connectivity index (χ0v) is 14.3. The Bertz CT molecular complexity index is 755. The van der Waals surface area contributed by atoms with Crippen molar-refractivity contribution in [2.45, 2.75) is 26.7 Å². The minimum atomic E-state index is -0.241. The van der Waals surface area contributed by atoms with Gasteiger partial charge in [0.25, 0.3) is 0 Å². The van der Waals surface area contributed by atoms with Gasteiger partial charge in [0.05, 0.1) is 31.3 Å². The van der Waals surface area contributed by atoms with E-state index >= 15 is 0 Å². The first-order valence-electron chi connectivity index (χ1n) is 7.97. The lowest BCUT2D eigenvalue weighted by Crippen LogP contribution is -2.06. The highest BCUT2D eigenvalue weighted by atomic mass is 16.5. The Morgan fingerprint density at radius 1 is 1.48 bits per heavy atom. The van der Waals surface area contributed by atoms with Crippen molar-refractivity contribution in [3.63, 3.8) is 0 Å². The number of nitrogens with zero attached hydrogens (tertiary/aromatic N) is 3. The summed E-state index contributed by atoms with van der Waals surface area (Å²) in [5.41, 5.74) is 6.97. The Balaban J connectivity index is 1.89. The standard InChI is InChI=1S/C17H22N4O4/c1-3-24-16(23)5-4-8-25-14-7-6-13(15(22)9-14)10-19-21-11-12(2)20-17(21)18/h6-7,9-11,22H,3-5,8H2,1-2H3,(H2,18,20). The number of carbonyl (C=O) groups is 1. The summed E-state index contributed by atoms with van der Waals surface area (Å²) in [6, 6.07) is 4.89. The first kappa shape index (κ1) is 18.3. The molecule has 0 saturated heterocycles. The van der Waals surface area contributed by atoms with Crippen molar-refractivity contribution in [2.75, 3.05) is 18.9 Å². The number of aromatic nitrogens is 2. The van der Waals surface area contributed by atoms with Gasteiger partial charge < -0.3 is 20.3 Å². The summed E-state index contributed by atoms with van der Waals surface area (Å²) >= 11 is 0. The maximum atomic E-state index is 11.2. The normalized spacial score (nSPS) is 11.0. The van der Waals surface area contributed by atoms with Crippen LogP contribution in [0, 0.1) is 6.92 Å². The molecule has 134 valence electrons. The van der Waals surface area contributed by atoms with Gasteiger partial charge in [0.2, 0.25) is 5.95 Å². The Kier molecular flexibility index (Phi) is 6.39. The number of imidazole rings is 1. The molecule has 25 heavy (non-hydrogen) atoms. The van der Waals surface area contributed by atoms with E-state index < -0.39 is 0 Å². The lowest BCUT2D eigenvalue weighted by Gasteiger charge is -2.07. The van der Waals surface area contributed by atoms with Gasteiger partial charge in [-0.1, -0.05) is 0 Å². The SMILES string of the molecule is CCOC(=O)CCCOc1ccc(C=Nn2cc(C)nc2N)c(O)c1. The molecule has 0 amide bonds. The van der Waals surface area contributed by atoms with Crippen LogP contribution in [0.4, 0.5) is 5.95 Å². The second kappa shape index (κ2) is 8.72. The molecule has 0 aliphatic heterocycles. The van der Waals surface area contributed by atoms with E-state index in [1.165, 1.54) is 17.0 Å². The maximum Gasteiger partial charge on any atom is 0.305 e. The second-order valence-electron chi connectivity index (χ2n) is 5.31. The summed E-state index contributed by atoms with van der Waals surface area (Å²) in [6.45, 7) is 4.32. The Hall–Kier alpha value is -3.03. The Morgan fingerprint density at radius 3 is 2.92 bits per heavy atom. The van der Waals surface area contributed by atoms with Crippen molar-refractivity contribution in [1.82, 2.24) is 9.66 Å². The number of carbonyl (C=O) groups excluding carboxylic acids is 1. The minimum absolute atomic E-state index is 0.0297. The number of phenolic OH excluding ortho intramolecular Hbond substituents is 1. The van der Waals surface area contributed by atoms with Crippen molar-refractivity contribution < 1.29 is 19.4 Å². The second-order valence-corrected chi connectivity index (χ2v) is 5.31. The Morgan fingerprint density at radius 2 is 2.28 bits per heavy atom. The number of hydrogen-bond donors (Lipinski definition) is 2. The molecule has 0 unspecified atom stereocenters. The Labute approximate surface area is 145 Å². The largest absolute Gasteiger partial charge is 0.507 e. The van der Waals surface area contributed by atoms with E-state index in [4.69, 9.17) is 15.2 Å². The number of aromatic hydroxyl groups is 1. The molecule has 8 nitrogen and oxygen atoms in total. The number of esters is 1. The molecule has 1 aromatic carbocycles. The van der Waals surface area contributed by atoms with Crippen molar-refractivity contribution in [1.29, 1.82) is 0 Å². The van der Waals surface area contributed by atoms with Crippen LogP contribution in [0.3, 0.4) is 0 Å². The van der Waals surface area contributed by atoms with Crippen LogP contribution in [0.15, 0.2) is 29.5 Å². The molecule has 0 spiro atoms. The molecule has 0 bridgehead atoms. The van der Waals surface area contributed by atoms with E-state index in [1.54, 1.807) is 25.3 Å². The van der Waals surface area contributed by atoms with Gasteiger partial charge >= 0.3 is 5.97 Å². The summed E-state index contributed by atoms with van der Waals surface area (Å²) in [5, 5.41) is 14.2. The van der Waals surface area contributed by atoms with Crippen LogP contribution in [0.5, 0.6) is 11.5 Å². The van der Waals surface area contributed by atoms with Gasteiger partial charge in [-0.15, -0.1) is 0 Å². The lowest BCUT2D eigenvalue weighted by molar-refractivity contribution is -0.143. The van der Waals surface area contributed by atoms with Crippen molar-refractivity contribution in [3.05, 3.63) is 35.7 Å². The highest BCUT2D eigenvalue weighted by Crippen LogP contribution is 2.22. The van der Waals surface area contributed by atoms with Gasteiger partial charge in [0, 0.05) is 18.1 Å². The van der Waals surface area contributed by atoms with E-state index in [0.717, 1.165) is 5.69 Å². The van der Waals surface area contributed by atoms with E-state index in [0.29, 0.717) is 37.4 Å². The molecule has 1 heterocycles. The summed E-state index contributed by atoms with van der Waals surface area (Å²) in [6.07, 6.45) is 4.01. The summed E-state index contributed by atoms with van der Waals surface area (Å²) in [5.74, 6) is 0.572. The summed E-state index contributed by atoms with van der Waals surface area (Å²) in [7, 11) is 0. The smallest absolute Gasteiger partial charge is 0.305 e. The van der Waals surface area contributed by atoms with E-state index in [2.05, 4.69) is 10.1 Å². The molecule has 0 saturated carbocycles. The van der Waals surface area contributed by atoms with Gasteiger partial charge in [-0.25, -0.2) is 9.66 Å². The predicted octanol–water partition coefficient (Wildman–Crippen LogP) is 2.08. The molecule has 8 heteroatoms.